The van der Waals surface area contributed by atoms with E-state index in [1.54, 1.807) is 0 Å². The number of hydrogen-bond acceptors (Lipinski definition) is 4. The summed E-state index contributed by atoms with van der Waals surface area (Å²) in [6, 6.07) is 0. The Morgan fingerprint density at radius 1 is 1.53 bits per heavy atom. The Balaban J connectivity index is 2.45. The van der Waals surface area contributed by atoms with Crippen LogP contribution in [0.5, 0.6) is 0 Å². The molecule has 0 aliphatic heterocycles. The van der Waals surface area contributed by atoms with Crippen molar-refractivity contribution in [2.45, 2.75) is 24.5 Å². The van der Waals surface area contributed by atoms with Gasteiger partial charge in [0.05, 0.1) is 12.3 Å². The highest BCUT2D eigenvalue weighted by molar-refractivity contribution is 7.51. The molecule has 0 aromatic carbocycles. The number of aliphatic carboxylic acids is 1. The van der Waals surface area contributed by atoms with Crippen LogP contribution in [0.1, 0.15) is 12.8 Å². The van der Waals surface area contributed by atoms with Gasteiger partial charge in [-0.2, -0.15) is 0 Å². The van der Waals surface area contributed by atoms with E-state index in [-0.39, 0.29) is 12.8 Å². The monoisotopic (exact) mass is 239 g/mol. The molecule has 1 atom stereocenters. The first-order valence-electron chi connectivity index (χ1n) is 4.39. The summed E-state index contributed by atoms with van der Waals surface area (Å²) in [7, 11) is -4.26. The lowest BCUT2D eigenvalue weighted by Crippen LogP contribution is -2.60. The average Bonchev–Trinajstić information content (AvgIpc) is 1.94. The molecule has 0 bridgehead atoms. The molecule has 0 unspecified atom stereocenters. The molecule has 1 rings (SSSR count). The van der Waals surface area contributed by atoms with Crippen molar-refractivity contribution >= 4 is 13.6 Å². The van der Waals surface area contributed by atoms with Gasteiger partial charge < -0.3 is 25.7 Å². The molecule has 1 aliphatic carbocycles. The molecular formula is C7H14NO6P. The van der Waals surface area contributed by atoms with Crippen LogP contribution < -0.4 is 5.73 Å². The molecule has 0 saturated heterocycles. The van der Waals surface area contributed by atoms with Crippen LogP contribution in [-0.2, 0) is 9.36 Å². The van der Waals surface area contributed by atoms with Crippen LogP contribution in [-0.4, -0.2) is 43.8 Å². The Kier molecular flexibility index (Phi) is 3.23. The Bertz CT molecular complexity index is 307. The highest BCUT2D eigenvalue weighted by atomic mass is 31.2. The summed E-state index contributed by atoms with van der Waals surface area (Å²) >= 11 is 0. The number of aliphatic hydroxyl groups is 1. The van der Waals surface area contributed by atoms with Crippen LogP contribution in [0, 0.1) is 5.92 Å². The maximum atomic E-state index is 10.6. The number of aliphatic hydroxyl groups excluding tert-OH is 1. The number of carboxylic acid groups (broad SMARTS) is 1. The highest BCUT2D eigenvalue weighted by Gasteiger charge is 2.50. The largest absolute Gasteiger partial charge is 0.480 e. The molecule has 15 heavy (non-hydrogen) atoms. The second kappa shape index (κ2) is 3.84. The summed E-state index contributed by atoms with van der Waals surface area (Å²) in [6.07, 6.45) is -1.75. The minimum absolute atomic E-state index is 0.0451. The highest BCUT2D eigenvalue weighted by Crippen LogP contribution is 2.43. The lowest BCUT2D eigenvalue weighted by atomic mass is 9.67. The second-order valence-corrected chi connectivity index (χ2v) is 5.74. The third-order valence-electron chi connectivity index (χ3n) is 2.65. The third kappa shape index (κ3) is 2.99. The van der Waals surface area contributed by atoms with Gasteiger partial charge in [-0.3, -0.25) is 9.36 Å². The molecule has 0 aromatic rings. The van der Waals surface area contributed by atoms with Gasteiger partial charge in [-0.15, -0.1) is 0 Å². The maximum Gasteiger partial charge on any atom is 0.328 e. The Hall–Kier alpha value is -0.460. The van der Waals surface area contributed by atoms with Crippen LogP contribution in [0.25, 0.3) is 0 Å². The fourth-order valence-corrected chi connectivity index (χ4v) is 2.50. The lowest BCUT2D eigenvalue weighted by Gasteiger charge is -2.43. The van der Waals surface area contributed by atoms with E-state index in [0.717, 1.165) is 0 Å². The van der Waals surface area contributed by atoms with E-state index in [9.17, 15) is 14.5 Å². The molecule has 1 fully saturated rings. The quantitative estimate of drug-likeness (QED) is 0.384. The maximum absolute atomic E-state index is 10.6. The normalized spacial score (nSPS) is 33.2. The number of hydrogen-bond donors (Lipinski definition) is 5. The standard InChI is InChI=1S/C7H14NO6P/c8-7(6(10)11)1-4(2-7)5(9)3-15(12,13)14/h4-5,9H,1-3,8H2,(H,10,11)(H2,12,13,14)/t4?,5-,7?/m1/s1. The number of nitrogens with two attached hydrogens (primary N) is 1. The fraction of sp³-hybridized carbons (Fsp3) is 0.857. The molecule has 0 heterocycles. The van der Waals surface area contributed by atoms with E-state index in [4.69, 9.17) is 20.6 Å². The van der Waals surface area contributed by atoms with Crippen molar-refractivity contribution in [3.63, 3.8) is 0 Å². The zero-order valence-electron chi connectivity index (χ0n) is 7.91. The van der Waals surface area contributed by atoms with Crippen molar-refractivity contribution in [3.05, 3.63) is 0 Å². The molecule has 8 heteroatoms. The molecule has 1 saturated carbocycles. The third-order valence-corrected chi connectivity index (χ3v) is 3.50. The molecule has 0 radical (unpaired) electrons. The van der Waals surface area contributed by atoms with Crippen molar-refractivity contribution in [2.75, 3.05) is 6.16 Å². The van der Waals surface area contributed by atoms with Crippen LogP contribution in [0.2, 0.25) is 0 Å². The zero-order chi connectivity index (χ0) is 11.9. The van der Waals surface area contributed by atoms with E-state index in [1.807, 2.05) is 0 Å². The first-order chi connectivity index (χ1) is 6.64. The molecule has 0 amide bonds. The Morgan fingerprint density at radius 3 is 2.33 bits per heavy atom. The molecule has 7 nitrogen and oxygen atoms in total. The molecular weight excluding hydrogens is 225 g/mol. The molecule has 0 aromatic heterocycles. The Morgan fingerprint density at radius 2 is 2.00 bits per heavy atom. The van der Waals surface area contributed by atoms with Gasteiger partial charge in [0.25, 0.3) is 0 Å². The summed E-state index contributed by atoms with van der Waals surface area (Å²) in [4.78, 5) is 27.8. The topological polar surface area (TPSA) is 141 Å². The molecule has 88 valence electrons. The lowest BCUT2D eigenvalue weighted by molar-refractivity contribution is -0.150. The number of rotatable bonds is 4. The first kappa shape index (κ1) is 12.6. The van der Waals surface area contributed by atoms with Gasteiger partial charge in [-0.25, -0.2) is 0 Å². The summed E-state index contributed by atoms with van der Waals surface area (Å²) in [6.45, 7) is 0. The van der Waals surface area contributed by atoms with Crippen LogP contribution in [0.4, 0.5) is 0 Å². The molecule has 0 spiro atoms. The van der Waals surface area contributed by atoms with Crippen molar-refractivity contribution in [3.8, 4) is 0 Å². The van der Waals surface area contributed by atoms with Crippen molar-refractivity contribution in [1.82, 2.24) is 0 Å². The Labute approximate surface area is 86.1 Å². The van der Waals surface area contributed by atoms with E-state index in [0.29, 0.717) is 0 Å². The van der Waals surface area contributed by atoms with Crippen molar-refractivity contribution < 1.29 is 29.4 Å². The smallest absolute Gasteiger partial charge is 0.328 e. The predicted molar refractivity (Wildman–Crippen MR) is 50.2 cm³/mol. The van der Waals surface area contributed by atoms with Gasteiger partial charge >= 0.3 is 13.6 Å². The van der Waals surface area contributed by atoms with Crippen molar-refractivity contribution in [1.29, 1.82) is 0 Å². The van der Waals surface area contributed by atoms with E-state index >= 15 is 0 Å². The minimum Gasteiger partial charge on any atom is -0.480 e. The summed E-state index contributed by atoms with van der Waals surface area (Å²) in [5.41, 5.74) is 4.09. The van der Waals surface area contributed by atoms with Crippen LogP contribution in [0.3, 0.4) is 0 Å². The SMILES string of the molecule is NC1(C(=O)O)CC([C@H](O)CP(=O)(O)O)C1. The summed E-state index contributed by atoms with van der Waals surface area (Å²) in [5.74, 6) is -1.60. The molecule has 1 aliphatic rings. The van der Waals surface area contributed by atoms with Gasteiger partial charge in [-0.05, 0) is 18.8 Å². The summed E-state index contributed by atoms with van der Waals surface area (Å²) in [5, 5.41) is 18.0. The predicted octanol–water partition coefficient (Wildman–Crippen LogP) is -1.28. The van der Waals surface area contributed by atoms with E-state index in [1.165, 1.54) is 0 Å². The van der Waals surface area contributed by atoms with E-state index in [2.05, 4.69) is 0 Å². The van der Waals surface area contributed by atoms with Gasteiger partial charge in [0, 0.05) is 0 Å². The second-order valence-electron chi connectivity index (χ2n) is 4.04. The van der Waals surface area contributed by atoms with Crippen LogP contribution in [0.15, 0.2) is 0 Å². The average molecular weight is 239 g/mol. The van der Waals surface area contributed by atoms with Gasteiger partial charge in [0.1, 0.15) is 5.54 Å². The zero-order valence-corrected chi connectivity index (χ0v) is 8.80. The van der Waals surface area contributed by atoms with Gasteiger partial charge in [0.2, 0.25) is 0 Å². The number of carbonyl (C=O) groups is 1. The fourth-order valence-electron chi connectivity index (χ4n) is 1.72. The van der Waals surface area contributed by atoms with E-state index < -0.39 is 37.3 Å². The van der Waals surface area contributed by atoms with Gasteiger partial charge in [0.15, 0.2) is 0 Å². The first-order valence-corrected chi connectivity index (χ1v) is 6.19. The van der Waals surface area contributed by atoms with Crippen molar-refractivity contribution in [2.24, 2.45) is 11.7 Å². The number of carboxylic acids is 1. The van der Waals surface area contributed by atoms with Crippen LogP contribution >= 0.6 is 7.60 Å². The minimum atomic E-state index is -4.26. The molecule has 6 N–H and O–H groups in total. The van der Waals surface area contributed by atoms with Gasteiger partial charge in [-0.1, -0.05) is 0 Å². The summed E-state index contributed by atoms with van der Waals surface area (Å²) < 4.78 is 10.6.